The Morgan fingerprint density at radius 1 is 0.896 bits per heavy atom. The van der Waals surface area contributed by atoms with Crippen molar-refractivity contribution in [3.8, 4) is 11.5 Å². The lowest BCUT2D eigenvalue weighted by molar-refractivity contribution is 0.0794. The molecule has 2 fully saturated rings. The Balaban J connectivity index is 1.25. The molecular weight excluding hydrogens is 606 g/mol. The predicted octanol–water partition coefficient (Wildman–Crippen LogP) is 6.18. The molecule has 3 aromatic carbocycles. The van der Waals surface area contributed by atoms with Crippen LogP contribution in [0.25, 0.3) is 0 Å². The van der Waals surface area contributed by atoms with Crippen LogP contribution in [0.1, 0.15) is 47.2 Å². The highest BCUT2D eigenvalue weighted by Gasteiger charge is 2.33. The molecule has 1 unspecified atom stereocenters. The molecule has 0 aliphatic carbocycles. The largest absolute Gasteiger partial charge is 0.497 e. The average Bonchev–Trinajstić information content (AvgIpc) is 3.77. The van der Waals surface area contributed by atoms with Crippen LogP contribution in [0.5, 0.6) is 11.5 Å². The molecule has 1 aromatic heterocycles. The molecule has 2 saturated heterocycles. The van der Waals surface area contributed by atoms with E-state index in [0.717, 1.165) is 85.3 Å². The summed E-state index contributed by atoms with van der Waals surface area (Å²) in [7, 11) is 3.35. The smallest absolute Gasteiger partial charge is 0.255 e. The van der Waals surface area contributed by atoms with Crippen molar-refractivity contribution in [1.29, 1.82) is 0 Å². The van der Waals surface area contributed by atoms with E-state index in [1.54, 1.807) is 14.2 Å². The number of nitrogens with zero attached hydrogens (tertiary/aromatic N) is 5. The summed E-state index contributed by atoms with van der Waals surface area (Å²) >= 11 is 0. The molecule has 2 N–H and O–H groups in total. The van der Waals surface area contributed by atoms with E-state index in [9.17, 15) is 4.79 Å². The summed E-state index contributed by atoms with van der Waals surface area (Å²) in [5.74, 6) is 3.68. The molecule has 1 amide bonds. The number of morpholine rings is 1. The van der Waals surface area contributed by atoms with E-state index < -0.39 is 0 Å². The van der Waals surface area contributed by atoms with Crippen molar-refractivity contribution in [2.24, 2.45) is 0 Å². The van der Waals surface area contributed by atoms with Crippen molar-refractivity contribution >= 4 is 40.6 Å². The topological polar surface area (TPSA) is 104 Å². The van der Waals surface area contributed by atoms with E-state index in [1.807, 2.05) is 53.4 Å². The number of rotatable bonds is 10. The van der Waals surface area contributed by atoms with Crippen molar-refractivity contribution in [2.45, 2.75) is 32.2 Å². The molecule has 11 heteroatoms. The van der Waals surface area contributed by atoms with Gasteiger partial charge in [0.05, 0.1) is 44.4 Å². The van der Waals surface area contributed by atoms with E-state index >= 15 is 0 Å². The van der Waals surface area contributed by atoms with E-state index in [0.29, 0.717) is 42.8 Å². The van der Waals surface area contributed by atoms with Crippen molar-refractivity contribution in [3.05, 3.63) is 83.4 Å². The molecule has 0 spiro atoms. The van der Waals surface area contributed by atoms with E-state index in [2.05, 4.69) is 45.6 Å². The van der Waals surface area contributed by atoms with Crippen LogP contribution in [0.2, 0.25) is 0 Å². The second-order valence-electron chi connectivity index (χ2n) is 12.5. The molecule has 48 heavy (non-hydrogen) atoms. The number of nitrogens with one attached hydrogen (secondary N) is 2. The fraction of sp³-hybridized carbons (Fsp3) is 0.378. The first kappa shape index (κ1) is 31.6. The van der Waals surface area contributed by atoms with Crippen LogP contribution in [0.15, 0.2) is 66.7 Å². The van der Waals surface area contributed by atoms with E-state index in [-0.39, 0.29) is 11.8 Å². The van der Waals surface area contributed by atoms with Crippen LogP contribution in [-0.2, 0) is 11.3 Å². The van der Waals surface area contributed by atoms with Crippen LogP contribution in [0, 0.1) is 0 Å². The first-order valence-corrected chi connectivity index (χ1v) is 16.7. The zero-order chi connectivity index (χ0) is 33.0. The SMILES string of the molecule is COc1ccc(CN2CC(C)c3c(Nc4ccccc4C(=O)N4CCCC4)nc(Nc4ccc(N5CCOCC5)cc4OC)nc32)cc1. The third-order valence-corrected chi connectivity index (χ3v) is 9.36. The van der Waals surface area contributed by atoms with Gasteiger partial charge in [-0.2, -0.15) is 9.97 Å². The molecule has 250 valence electrons. The van der Waals surface area contributed by atoms with Gasteiger partial charge in [0, 0.05) is 62.5 Å². The minimum Gasteiger partial charge on any atom is -0.497 e. The van der Waals surface area contributed by atoms with Crippen molar-refractivity contribution in [1.82, 2.24) is 14.9 Å². The predicted molar refractivity (Wildman–Crippen MR) is 189 cm³/mol. The lowest BCUT2D eigenvalue weighted by Gasteiger charge is -2.29. The molecule has 3 aliphatic heterocycles. The quantitative estimate of drug-likeness (QED) is 0.207. The number of hydrogen-bond donors (Lipinski definition) is 2. The highest BCUT2D eigenvalue weighted by atomic mass is 16.5. The minimum atomic E-state index is 0.0407. The number of hydrogen-bond acceptors (Lipinski definition) is 10. The molecule has 7 rings (SSSR count). The number of carbonyl (C=O) groups excluding carboxylic acids is 1. The minimum absolute atomic E-state index is 0.0407. The normalized spacial score (nSPS) is 17.3. The highest BCUT2D eigenvalue weighted by molar-refractivity contribution is 6.00. The summed E-state index contributed by atoms with van der Waals surface area (Å²) in [4.78, 5) is 30.3. The fourth-order valence-electron chi connectivity index (χ4n) is 6.82. The van der Waals surface area contributed by atoms with E-state index in [1.165, 1.54) is 0 Å². The summed E-state index contributed by atoms with van der Waals surface area (Å²) in [6.45, 7) is 8.31. The first-order chi connectivity index (χ1) is 23.5. The highest BCUT2D eigenvalue weighted by Crippen LogP contribution is 2.42. The summed E-state index contributed by atoms with van der Waals surface area (Å²) in [6, 6.07) is 22.0. The monoisotopic (exact) mass is 649 g/mol. The maximum Gasteiger partial charge on any atom is 0.255 e. The van der Waals surface area contributed by atoms with Crippen LogP contribution < -0.4 is 29.9 Å². The lowest BCUT2D eigenvalue weighted by atomic mass is 10.1. The standard InChI is InChI=1S/C37H43N7O4/c1-25-23-44(24-26-10-13-28(46-2)14-11-26)35-33(25)34(38-30-9-5-4-8-29(30)36(45)43-16-6-7-17-43)40-37(41-35)39-31-15-12-27(22-32(31)47-3)42-18-20-48-21-19-42/h4-5,8-15,22,25H,6-7,16-21,23-24H2,1-3H3,(H2,38,39,40,41). The number of fused-ring (bicyclic) bond motifs is 1. The van der Waals surface area contributed by atoms with Gasteiger partial charge in [-0.05, 0) is 54.8 Å². The summed E-state index contributed by atoms with van der Waals surface area (Å²) in [5, 5.41) is 7.04. The van der Waals surface area contributed by atoms with E-state index in [4.69, 9.17) is 24.2 Å². The number of anilines is 6. The molecule has 0 radical (unpaired) electrons. The number of methoxy groups -OCH3 is 2. The maximum atomic E-state index is 13.6. The Kier molecular flexibility index (Phi) is 9.20. The van der Waals surface area contributed by atoms with Gasteiger partial charge in [0.1, 0.15) is 23.1 Å². The Morgan fingerprint density at radius 3 is 2.42 bits per heavy atom. The molecule has 11 nitrogen and oxygen atoms in total. The fourth-order valence-corrected chi connectivity index (χ4v) is 6.82. The first-order valence-electron chi connectivity index (χ1n) is 16.7. The van der Waals surface area contributed by atoms with Crippen LogP contribution in [0.4, 0.5) is 34.6 Å². The summed E-state index contributed by atoms with van der Waals surface area (Å²) in [5.41, 5.74) is 5.39. The molecule has 0 bridgehead atoms. The van der Waals surface area contributed by atoms with Crippen LogP contribution in [-0.4, -0.2) is 80.9 Å². The van der Waals surface area contributed by atoms with Crippen molar-refractivity contribution in [3.63, 3.8) is 0 Å². The van der Waals surface area contributed by atoms with Gasteiger partial charge in [-0.1, -0.05) is 31.2 Å². The van der Waals surface area contributed by atoms with Gasteiger partial charge >= 0.3 is 0 Å². The molecule has 3 aliphatic rings. The third kappa shape index (κ3) is 6.55. The number of aromatic nitrogens is 2. The zero-order valence-electron chi connectivity index (χ0n) is 27.9. The van der Waals surface area contributed by atoms with Crippen molar-refractivity contribution in [2.75, 3.05) is 80.6 Å². The Labute approximate surface area is 281 Å². The number of carbonyl (C=O) groups is 1. The Hall–Kier alpha value is -5.03. The lowest BCUT2D eigenvalue weighted by Crippen LogP contribution is -2.36. The van der Waals surface area contributed by atoms with Gasteiger partial charge in [-0.3, -0.25) is 4.79 Å². The molecule has 4 heterocycles. The van der Waals surface area contributed by atoms with Gasteiger partial charge in [0.25, 0.3) is 5.91 Å². The number of para-hydroxylation sites is 1. The molecule has 1 atom stereocenters. The van der Waals surface area contributed by atoms with Gasteiger partial charge < -0.3 is 39.5 Å². The van der Waals surface area contributed by atoms with Gasteiger partial charge in [0.2, 0.25) is 5.95 Å². The van der Waals surface area contributed by atoms with Gasteiger partial charge in [-0.25, -0.2) is 0 Å². The third-order valence-electron chi connectivity index (χ3n) is 9.36. The number of benzene rings is 3. The van der Waals surface area contributed by atoms with Gasteiger partial charge in [0.15, 0.2) is 0 Å². The van der Waals surface area contributed by atoms with Crippen LogP contribution in [0.3, 0.4) is 0 Å². The maximum absolute atomic E-state index is 13.6. The zero-order valence-corrected chi connectivity index (χ0v) is 27.9. The number of likely N-dealkylation sites (tertiary alicyclic amines) is 1. The molecule has 4 aromatic rings. The van der Waals surface area contributed by atoms with Crippen molar-refractivity contribution < 1.29 is 19.0 Å². The Bertz CT molecular complexity index is 1750. The second-order valence-corrected chi connectivity index (χ2v) is 12.5. The Morgan fingerprint density at radius 2 is 1.67 bits per heavy atom. The molecule has 0 saturated carbocycles. The number of amides is 1. The average molecular weight is 650 g/mol. The second kappa shape index (κ2) is 14.0. The van der Waals surface area contributed by atoms with Crippen LogP contribution >= 0.6 is 0 Å². The molecular formula is C37H43N7O4. The summed E-state index contributed by atoms with van der Waals surface area (Å²) in [6.07, 6.45) is 2.07. The number of ether oxygens (including phenoxy) is 3. The van der Waals surface area contributed by atoms with Gasteiger partial charge in [-0.15, -0.1) is 0 Å². The summed E-state index contributed by atoms with van der Waals surface area (Å²) < 4.78 is 16.8.